The van der Waals surface area contributed by atoms with Crippen LogP contribution in [0.1, 0.15) is 30.0 Å². The van der Waals surface area contributed by atoms with E-state index in [0.717, 1.165) is 39.0 Å². The molecule has 1 aliphatic heterocycles. The second kappa shape index (κ2) is 6.89. The van der Waals surface area contributed by atoms with Gasteiger partial charge in [0, 0.05) is 32.1 Å². The first-order valence-corrected chi connectivity index (χ1v) is 7.64. The molecular weight excluding hydrogens is 248 g/mol. The predicted molar refractivity (Wildman–Crippen MR) is 82.9 cm³/mol. The van der Waals surface area contributed by atoms with Gasteiger partial charge in [-0.1, -0.05) is 25.1 Å². The van der Waals surface area contributed by atoms with Crippen LogP contribution < -0.4 is 5.32 Å². The molecule has 1 amide bonds. The van der Waals surface area contributed by atoms with Gasteiger partial charge < -0.3 is 10.2 Å². The number of nitrogens with one attached hydrogen (secondary N) is 1. The van der Waals surface area contributed by atoms with Gasteiger partial charge in [0.15, 0.2) is 0 Å². The van der Waals surface area contributed by atoms with Gasteiger partial charge in [0.25, 0.3) is 0 Å². The van der Waals surface area contributed by atoms with Gasteiger partial charge in [-0.25, -0.2) is 0 Å². The van der Waals surface area contributed by atoms with E-state index < -0.39 is 0 Å². The number of amides is 1. The molecule has 0 saturated carbocycles. The van der Waals surface area contributed by atoms with E-state index >= 15 is 0 Å². The van der Waals surface area contributed by atoms with E-state index in [2.05, 4.69) is 44.3 Å². The minimum atomic E-state index is 0.119. The Morgan fingerprint density at radius 1 is 1.30 bits per heavy atom. The molecule has 1 heterocycles. The van der Waals surface area contributed by atoms with Crippen molar-refractivity contribution in [2.24, 2.45) is 5.92 Å². The summed E-state index contributed by atoms with van der Waals surface area (Å²) in [7, 11) is 0. The first-order chi connectivity index (χ1) is 9.59. The van der Waals surface area contributed by atoms with Crippen molar-refractivity contribution in [2.45, 2.75) is 33.6 Å². The first kappa shape index (κ1) is 15.0. The summed E-state index contributed by atoms with van der Waals surface area (Å²) in [6, 6.07) is 6.44. The maximum Gasteiger partial charge on any atom is 0.225 e. The molecule has 3 nitrogen and oxygen atoms in total. The van der Waals surface area contributed by atoms with E-state index in [-0.39, 0.29) is 5.92 Å². The van der Waals surface area contributed by atoms with E-state index in [1.165, 1.54) is 16.7 Å². The van der Waals surface area contributed by atoms with Crippen LogP contribution in [0, 0.1) is 19.8 Å². The molecule has 1 atom stereocenters. The van der Waals surface area contributed by atoms with Gasteiger partial charge in [-0.2, -0.15) is 0 Å². The van der Waals surface area contributed by atoms with E-state index in [1.54, 1.807) is 0 Å². The van der Waals surface area contributed by atoms with Crippen molar-refractivity contribution in [1.29, 1.82) is 0 Å². The molecule has 1 fully saturated rings. The number of benzene rings is 1. The van der Waals surface area contributed by atoms with Crippen LogP contribution in [0.2, 0.25) is 0 Å². The van der Waals surface area contributed by atoms with Crippen molar-refractivity contribution in [2.75, 3.05) is 26.2 Å². The topological polar surface area (TPSA) is 32.3 Å². The average Bonchev–Trinajstić information content (AvgIpc) is 2.48. The summed E-state index contributed by atoms with van der Waals surface area (Å²) < 4.78 is 0. The quantitative estimate of drug-likeness (QED) is 0.914. The Morgan fingerprint density at radius 3 is 2.70 bits per heavy atom. The molecule has 1 saturated heterocycles. The predicted octanol–water partition coefficient (Wildman–Crippen LogP) is 2.30. The molecule has 1 unspecified atom stereocenters. The zero-order valence-electron chi connectivity index (χ0n) is 12.9. The summed E-state index contributed by atoms with van der Waals surface area (Å²) in [4.78, 5) is 14.4. The fraction of sp³-hybridized carbons (Fsp3) is 0.588. The number of nitrogens with zero attached hydrogens (tertiary/aromatic N) is 1. The van der Waals surface area contributed by atoms with Gasteiger partial charge in [-0.3, -0.25) is 4.79 Å². The van der Waals surface area contributed by atoms with E-state index in [1.807, 2.05) is 4.90 Å². The average molecular weight is 274 g/mol. The Kier molecular flexibility index (Phi) is 5.18. The molecule has 1 aromatic rings. The largest absolute Gasteiger partial charge is 0.340 e. The molecule has 20 heavy (non-hydrogen) atoms. The van der Waals surface area contributed by atoms with Crippen LogP contribution in [0.25, 0.3) is 0 Å². The fourth-order valence-corrected chi connectivity index (χ4v) is 2.78. The van der Waals surface area contributed by atoms with Gasteiger partial charge in [0.05, 0.1) is 0 Å². The lowest BCUT2D eigenvalue weighted by atomic mass is 9.95. The third-order valence-electron chi connectivity index (χ3n) is 4.41. The van der Waals surface area contributed by atoms with Crippen LogP contribution in [0.3, 0.4) is 0 Å². The highest BCUT2D eigenvalue weighted by molar-refractivity contribution is 5.78. The number of carbonyl (C=O) groups is 1. The lowest BCUT2D eigenvalue weighted by Gasteiger charge is -2.29. The minimum absolute atomic E-state index is 0.119. The molecule has 110 valence electrons. The summed E-state index contributed by atoms with van der Waals surface area (Å²) in [5, 5.41) is 3.29. The van der Waals surface area contributed by atoms with Gasteiger partial charge in [-0.05, 0) is 43.4 Å². The van der Waals surface area contributed by atoms with Crippen LogP contribution in [0.5, 0.6) is 0 Å². The molecule has 1 aliphatic rings. The molecule has 0 bridgehead atoms. The van der Waals surface area contributed by atoms with Crippen molar-refractivity contribution >= 4 is 5.91 Å². The molecule has 0 spiro atoms. The van der Waals surface area contributed by atoms with Crippen molar-refractivity contribution in [3.05, 3.63) is 34.9 Å². The number of aryl methyl sites for hydroxylation is 2. The third-order valence-corrected chi connectivity index (χ3v) is 4.41. The number of piperazine rings is 1. The van der Waals surface area contributed by atoms with Gasteiger partial charge >= 0.3 is 0 Å². The van der Waals surface area contributed by atoms with Crippen molar-refractivity contribution in [1.82, 2.24) is 10.2 Å². The maximum absolute atomic E-state index is 12.4. The Morgan fingerprint density at radius 2 is 2.00 bits per heavy atom. The van der Waals surface area contributed by atoms with Crippen LogP contribution in [-0.2, 0) is 11.2 Å². The Bertz CT molecular complexity index is 464. The van der Waals surface area contributed by atoms with Gasteiger partial charge in [0.2, 0.25) is 5.91 Å². The lowest BCUT2D eigenvalue weighted by Crippen LogP contribution is -2.48. The second-order valence-electron chi connectivity index (χ2n) is 5.87. The summed E-state index contributed by atoms with van der Waals surface area (Å²) in [6.07, 6.45) is 1.93. The van der Waals surface area contributed by atoms with Crippen LogP contribution in [0.4, 0.5) is 0 Å². The third kappa shape index (κ3) is 3.60. The van der Waals surface area contributed by atoms with Gasteiger partial charge in [0.1, 0.15) is 0 Å². The molecule has 0 aliphatic carbocycles. The zero-order chi connectivity index (χ0) is 14.5. The highest BCUT2D eigenvalue weighted by Crippen LogP contribution is 2.18. The molecule has 1 N–H and O–H groups in total. The standard InChI is InChI=1S/C17H26N2O/c1-13-5-4-6-16(15(13)3)8-7-14(2)17(20)19-11-9-18-10-12-19/h4-6,14,18H,7-12H2,1-3H3. The number of hydrogen-bond donors (Lipinski definition) is 1. The van der Waals surface area contributed by atoms with Crippen molar-refractivity contribution in [3.8, 4) is 0 Å². The van der Waals surface area contributed by atoms with E-state index in [4.69, 9.17) is 0 Å². The zero-order valence-corrected chi connectivity index (χ0v) is 12.9. The minimum Gasteiger partial charge on any atom is -0.340 e. The lowest BCUT2D eigenvalue weighted by molar-refractivity contribution is -0.135. The number of carbonyl (C=O) groups excluding carboxylic acids is 1. The molecule has 0 radical (unpaired) electrons. The number of hydrogen-bond acceptors (Lipinski definition) is 2. The summed E-state index contributed by atoms with van der Waals surface area (Å²) in [5.74, 6) is 0.435. The van der Waals surface area contributed by atoms with Crippen LogP contribution in [-0.4, -0.2) is 37.0 Å². The fourth-order valence-electron chi connectivity index (χ4n) is 2.78. The SMILES string of the molecule is Cc1cccc(CCC(C)C(=O)N2CCNCC2)c1C. The highest BCUT2D eigenvalue weighted by atomic mass is 16.2. The molecule has 2 rings (SSSR count). The smallest absolute Gasteiger partial charge is 0.225 e. The molecule has 1 aromatic carbocycles. The van der Waals surface area contributed by atoms with Crippen LogP contribution in [0.15, 0.2) is 18.2 Å². The van der Waals surface area contributed by atoms with Gasteiger partial charge in [-0.15, -0.1) is 0 Å². The normalized spacial score (nSPS) is 17.1. The van der Waals surface area contributed by atoms with Crippen LogP contribution >= 0.6 is 0 Å². The maximum atomic E-state index is 12.4. The molecular formula is C17H26N2O. The van der Waals surface area contributed by atoms with Crippen molar-refractivity contribution < 1.29 is 4.79 Å². The Hall–Kier alpha value is -1.35. The summed E-state index contributed by atoms with van der Waals surface area (Å²) >= 11 is 0. The number of rotatable bonds is 4. The summed E-state index contributed by atoms with van der Waals surface area (Å²) in [5.41, 5.74) is 4.09. The van der Waals surface area contributed by atoms with E-state index in [0.29, 0.717) is 5.91 Å². The molecule has 0 aromatic heterocycles. The molecule has 3 heteroatoms. The first-order valence-electron chi connectivity index (χ1n) is 7.64. The highest BCUT2D eigenvalue weighted by Gasteiger charge is 2.21. The second-order valence-corrected chi connectivity index (χ2v) is 5.87. The monoisotopic (exact) mass is 274 g/mol. The Labute approximate surface area is 122 Å². The van der Waals surface area contributed by atoms with E-state index in [9.17, 15) is 4.79 Å². The Balaban J connectivity index is 1.89. The van der Waals surface area contributed by atoms with Crippen molar-refractivity contribution in [3.63, 3.8) is 0 Å². The summed E-state index contributed by atoms with van der Waals surface area (Å²) in [6.45, 7) is 9.95.